The molecule has 1 aromatic carbocycles. The van der Waals surface area contributed by atoms with E-state index in [4.69, 9.17) is 4.74 Å². The van der Waals surface area contributed by atoms with Gasteiger partial charge in [-0.25, -0.2) is 14.8 Å². The molecule has 0 fully saturated rings. The second kappa shape index (κ2) is 10.0. The third kappa shape index (κ3) is 4.95. The second-order valence-corrected chi connectivity index (χ2v) is 10.5. The minimum atomic E-state index is -0.416. The summed E-state index contributed by atoms with van der Waals surface area (Å²) in [5.41, 5.74) is 4.62. The second-order valence-electron chi connectivity index (χ2n) is 7.42. The first-order valence-corrected chi connectivity index (χ1v) is 13.1. The van der Waals surface area contributed by atoms with Crippen LogP contribution in [0.1, 0.15) is 33.3 Å². The molecule has 9 heteroatoms. The van der Waals surface area contributed by atoms with Crippen LogP contribution in [-0.4, -0.2) is 34.2 Å². The molecule has 1 N–H and O–H groups in total. The standard InChI is InChI=1S/C24H23N3O3S3/c1-5-30-24(29)19-14(3)15(4)33-23(19)27-18(28)11-32-22-20-17(10-31-21(20)25-12-26-22)16-8-6-13(2)7-9-16/h6-10,12H,5,11H2,1-4H3,(H,27,28). The number of benzene rings is 1. The van der Waals surface area contributed by atoms with Crippen molar-refractivity contribution in [3.8, 4) is 11.1 Å². The van der Waals surface area contributed by atoms with Gasteiger partial charge in [0.05, 0.1) is 23.3 Å². The molecule has 170 valence electrons. The fourth-order valence-corrected chi connectivity index (χ4v) is 6.22. The molecule has 1 amide bonds. The van der Waals surface area contributed by atoms with Gasteiger partial charge in [0.25, 0.3) is 0 Å². The van der Waals surface area contributed by atoms with E-state index in [9.17, 15) is 9.59 Å². The lowest BCUT2D eigenvalue weighted by Crippen LogP contribution is -2.16. The van der Waals surface area contributed by atoms with E-state index < -0.39 is 5.97 Å². The maximum absolute atomic E-state index is 12.8. The third-order valence-electron chi connectivity index (χ3n) is 5.16. The number of carbonyl (C=O) groups excluding carboxylic acids is 2. The highest BCUT2D eigenvalue weighted by Crippen LogP contribution is 2.38. The number of ether oxygens (including phenoxy) is 1. The first-order valence-electron chi connectivity index (χ1n) is 10.4. The molecule has 3 heterocycles. The van der Waals surface area contributed by atoms with Crippen LogP contribution in [0.25, 0.3) is 21.3 Å². The van der Waals surface area contributed by atoms with Crippen molar-refractivity contribution in [3.63, 3.8) is 0 Å². The molecule has 4 aromatic rings. The highest BCUT2D eigenvalue weighted by Gasteiger charge is 2.22. The van der Waals surface area contributed by atoms with Gasteiger partial charge in [0.15, 0.2) is 0 Å². The van der Waals surface area contributed by atoms with Gasteiger partial charge in [-0.1, -0.05) is 41.6 Å². The molecule has 0 unspecified atom stereocenters. The van der Waals surface area contributed by atoms with E-state index in [0.717, 1.165) is 36.8 Å². The number of amides is 1. The molecule has 0 aliphatic heterocycles. The fourth-order valence-electron chi connectivity index (χ4n) is 3.36. The van der Waals surface area contributed by atoms with Gasteiger partial charge in [-0.15, -0.1) is 22.7 Å². The van der Waals surface area contributed by atoms with Crippen molar-refractivity contribution < 1.29 is 14.3 Å². The number of fused-ring (bicyclic) bond motifs is 1. The smallest absolute Gasteiger partial charge is 0.341 e. The Morgan fingerprint density at radius 3 is 2.61 bits per heavy atom. The first kappa shape index (κ1) is 23.4. The molecule has 3 aromatic heterocycles. The summed E-state index contributed by atoms with van der Waals surface area (Å²) in [6, 6.07) is 8.33. The van der Waals surface area contributed by atoms with E-state index >= 15 is 0 Å². The van der Waals surface area contributed by atoms with Crippen molar-refractivity contribution >= 4 is 61.5 Å². The molecular formula is C24H23N3O3S3. The normalized spacial score (nSPS) is 11.0. The quantitative estimate of drug-likeness (QED) is 0.185. The number of aromatic nitrogens is 2. The predicted molar refractivity (Wildman–Crippen MR) is 137 cm³/mol. The number of rotatable bonds is 7. The molecule has 4 rings (SSSR count). The van der Waals surface area contributed by atoms with Crippen molar-refractivity contribution in [1.82, 2.24) is 9.97 Å². The van der Waals surface area contributed by atoms with Crippen LogP contribution in [0.4, 0.5) is 5.00 Å². The molecule has 6 nitrogen and oxygen atoms in total. The van der Waals surface area contributed by atoms with Crippen LogP contribution in [0.3, 0.4) is 0 Å². The summed E-state index contributed by atoms with van der Waals surface area (Å²) in [5.74, 6) is -0.459. The van der Waals surface area contributed by atoms with Gasteiger partial charge in [-0.05, 0) is 38.8 Å². The van der Waals surface area contributed by atoms with Crippen LogP contribution in [0.5, 0.6) is 0 Å². The predicted octanol–water partition coefficient (Wildman–Crippen LogP) is 6.25. The van der Waals surface area contributed by atoms with Crippen LogP contribution >= 0.6 is 34.4 Å². The Morgan fingerprint density at radius 1 is 1.12 bits per heavy atom. The Balaban J connectivity index is 1.55. The van der Waals surface area contributed by atoms with Crippen molar-refractivity contribution in [3.05, 3.63) is 57.5 Å². The molecule has 0 aliphatic rings. The van der Waals surface area contributed by atoms with E-state index in [2.05, 4.69) is 51.9 Å². The Hall–Kier alpha value is -2.75. The lowest BCUT2D eigenvalue weighted by molar-refractivity contribution is -0.113. The highest BCUT2D eigenvalue weighted by atomic mass is 32.2. The molecule has 0 bridgehead atoms. The van der Waals surface area contributed by atoms with Crippen LogP contribution in [-0.2, 0) is 9.53 Å². The topological polar surface area (TPSA) is 81.2 Å². The van der Waals surface area contributed by atoms with Gasteiger partial charge in [0.2, 0.25) is 5.91 Å². The van der Waals surface area contributed by atoms with Crippen molar-refractivity contribution in [2.45, 2.75) is 32.7 Å². The SMILES string of the molecule is CCOC(=O)c1c(NC(=O)CSc2ncnc3scc(-c4ccc(C)cc4)c23)sc(C)c1C. The van der Waals surface area contributed by atoms with Crippen LogP contribution in [0.15, 0.2) is 41.0 Å². The summed E-state index contributed by atoms with van der Waals surface area (Å²) >= 11 is 4.31. The maximum atomic E-state index is 12.8. The average Bonchev–Trinajstić information content (AvgIpc) is 3.34. The average molecular weight is 498 g/mol. The van der Waals surface area contributed by atoms with Crippen molar-refractivity contribution in [2.75, 3.05) is 17.7 Å². The summed E-state index contributed by atoms with van der Waals surface area (Å²) < 4.78 is 5.17. The molecule has 33 heavy (non-hydrogen) atoms. The Bertz CT molecular complexity index is 1330. The highest BCUT2D eigenvalue weighted by molar-refractivity contribution is 8.00. The molecular weight excluding hydrogens is 474 g/mol. The monoisotopic (exact) mass is 497 g/mol. The number of thioether (sulfide) groups is 1. The molecule has 0 saturated carbocycles. The fraction of sp³-hybridized carbons (Fsp3) is 0.250. The Labute approximate surface area is 204 Å². The number of esters is 1. The molecule has 0 saturated heterocycles. The zero-order chi connectivity index (χ0) is 23.5. The molecule has 0 radical (unpaired) electrons. The first-order chi connectivity index (χ1) is 15.9. The minimum Gasteiger partial charge on any atom is -0.462 e. The largest absolute Gasteiger partial charge is 0.462 e. The van der Waals surface area contributed by atoms with Crippen LogP contribution < -0.4 is 5.32 Å². The van der Waals surface area contributed by atoms with Gasteiger partial charge >= 0.3 is 5.97 Å². The lowest BCUT2D eigenvalue weighted by atomic mass is 10.1. The van der Waals surface area contributed by atoms with Crippen molar-refractivity contribution in [1.29, 1.82) is 0 Å². The summed E-state index contributed by atoms with van der Waals surface area (Å²) in [6.07, 6.45) is 1.53. The Morgan fingerprint density at radius 2 is 1.88 bits per heavy atom. The summed E-state index contributed by atoms with van der Waals surface area (Å²) in [6.45, 7) is 7.89. The van der Waals surface area contributed by atoms with Gasteiger partial charge in [-0.2, -0.15) is 0 Å². The number of thiophene rings is 2. The lowest BCUT2D eigenvalue weighted by Gasteiger charge is -2.08. The van der Waals surface area contributed by atoms with Crippen LogP contribution in [0, 0.1) is 20.8 Å². The zero-order valence-corrected chi connectivity index (χ0v) is 21.2. The van der Waals surface area contributed by atoms with E-state index in [1.165, 1.54) is 35.0 Å². The number of nitrogens with zero attached hydrogens (tertiary/aromatic N) is 2. The van der Waals surface area contributed by atoms with Crippen LogP contribution in [0.2, 0.25) is 0 Å². The Kier molecular flexibility index (Phi) is 7.11. The number of carbonyl (C=O) groups is 2. The minimum absolute atomic E-state index is 0.160. The summed E-state index contributed by atoms with van der Waals surface area (Å²) in [4.78, 5) is 35.9. The van der Waals surface area contributed by atoms with Gasteiger partial charge in [-0.3, -0.25) is 4.79 Å². The van der Waals surface area contributed by atoms with Crippen molar-refractivity contribution in [2.24, 2.45) is 0 Å². The van der Waals surface area contributed by atoms with E-state index in [1.807, 2.05) is 13.8 Å². The summed E-state index contributed by atoms with van der Waals surface area (Å²) in [7, 11) is 0. The number of hydrogen-bond donors (Lipinski definition) is 1. The number of aryl methyl sites for hydroxylation is 2. The van der Waals surface area contributed by atoms with E-state index in [1.54, 1.807) is 18.3 Å². The molecule has 0 aliphatic carbocycles. The third-order valence-corrected chi connectivity index (χ3v) is 8.15. The van der Waals surface area contributed by atoms with E-state index in [-0.39, 0.29) is 18.3 Å². The zero-order valence-electron chi connectivity index (χ0n) is 18.7. The molecule has 0 spiro atoms. The maximum Gasteiger partial charge on any atom is 0.341 e. The summed E-state index contributed by atoms with van der Waals surface area (Å²) in [5, 5.41) is 7.22. The van der Waals surface area contributed by atoms with Gasteiger partial charge < -0.3 is 10.1 Å². The molecule has 0 atom stereocenters. The van der Waals surface area contributed by atoms with Gasteiger partial charge in [0, 0.05) is 15.8 Å². The number of nitrogens with one attached hydrogen (secondary N) is 1. The number of anilines is 1. The number of hydrogen-bond acceptors (Lipinski definition) is 8. The van der Waals surface area contributed by atoms with Gasteiger partial charge in [0.1, 0.15) is 21.2 Å². The van der Waals surface area contributed by atoms with E-state index in [0.29, 0.717) is 10.6 Å².